The Morgan fingerprint density at radius 3 is 1.73 bits per heavy atom. The van der Waals surface area contributed by atoms with Crippen LogP contribution in [0.5, 0.6) is 0 Å². The third-order valence-electron chi connectivity index (χ3n) is 6.57. The summed E-state index contributed by atoms with van der Waals surface area (Å²) >= 11 is 0. The summed E-state index contributed by atoms with van der Waals surface area (Å²) in [4.78, 5) is 14.3. The number of Topliss-reactive ketones (excluding diaryl/α,β-unsaturated/α-hetero) is 1. The normalized spacial score (nSPS) is 22.1. The van der Waals surface area contributed by atoms with Gasteiger partial charge in [-0.05, 0) is 29.5 Å². The third-order valence-corrected chi connectivity index (χ3v) is 6.57. The Balaban J connectivity index is 1.64. The minimum absolute atomic E-state index is 0.0821. The highest BCUT2D eigenvalue weighted by Gasteiger charge is 2.46. The van der Waals surface area contributed by atoms with Gasteiger partial charge in [-0.15, -0.1) is 0 Å². The second-order valence-corrected chi connectivity index (χ2v) is 8.34. The summed E-state index contributed by atoms with van der Waals surface area (Å²) in [5.41, 5.74) is 2.71. The molecule has 2 aliphatic rings. The summed E-state index contributed by atoms with van der Waals surface area (Å²) in [6, 6.07) is 31.9. The maximum absolute atomic E-state index is 12.0. The molecule has 0 aromatic heterocycles. The molecule has 2 atom stereocenters. The molecule has 3 heteroatoms. The van der Waals surface area contributed by atoms with Gasteiger partial charge in [0.1, 0.15) is 11.4 Å². The third kappa shape index (κ3) is 3.38. The Hall–Kier alpha value is -2.75. The zero-order chi connectivity index (χ0) is 20.4. The quantitative estimate of drug-likeness (QED) is 0.579. The molecule has 0 N–H and O–H groups in total. The van der Waals surface area contributed by atoms with Crippen LogP contribution < -0.4 is 0 Å². The molecule has 0 saturated carbocycles. The number of benzene rings is 3. The molecular weight excluding hydrogens is 370 g/mol. The van der Waals surface area contributed by atoms with Crippen LogP contribution in [0.4, 0.5) is 0 Å². The van der Waals surface area contributed by atoms with E-state index >= 15 is 0 Å². The van der Waals surface area contributed by atoms with Gasteiger partial charge in [0, 0.05) is 19.0 Å². The van der Waals surface area contributed by atoms with Crippen LogP contribution >= 0.6 is 0 Å². The highest BCUT2D eigenvalue weighted by molar-refractivity contribution is 5.81. The zero-order valence-electron chi connectivity index (χ0n) is 17.1. The average Bonchev–Trinajstić information content (AvgIpc) is 3.20. The fraction of sp³-hybridized carbons (Fsp3) is 0.296. The fourth-order valence-electron chi connectivity index (χ4n) is 5.15. The summed E-state index contributed by atoms with van der Waals surface area (Å²) in [6.45, 7) is 1.50. The molecule has 3 nitrogen and oxygen atoms in total. The van der Waals surface area contributed by atoms with Gasteiger partial charge in [0.05, 0.1) is 12.6 Å². The van der Waals surface area contributed by atoms with Crippen molar-refractivity contribution < 1.29 is 9.53 Å². The molecule has 3 aromatic carbocycles. The molecule has 2 aliphatic heterocycles. The van der Waals surface area contributed by atoms with Crippen LogP contribution in [0.15, 0.2) is 91.0 Å². The van der Waals surface area contributed by atoms with Gasteiger partial charge in [-0.2, -0.15) is 0 Å². The molecule has 5 rings (SSSR count). The lowest BCUT2D eigenvalue weighted by molar-refractivity contribution is -0.125. The van der Waals surface area contributed by atoms with Crippen LogP contribution in [0.25, 0.3) is 0 Å². The van der Waals surface area contributed by atoms with Crippen molar-refractivity contribution >= 4 is 5.78 Å². The molecule has 0 bridgehead atoms. The van der Waals surface area contributed by atoms with E-state index in [2.05, 4.69) is 77.7 Å². The first-order valence-electron chi connectivity index (χ1n) is 10.9. The van der Waals surface area contributed by atoms with E-state index in [1.165, 1.54) is 0 Å². The second kappa shape index (κ2) is 8.17. The minimum Gasteiger partial charge on any atom is -0.356 e. The molecule has 0 aliphatic carbocycles. The Morgan fingerprint density at radius 2 is 1.23 bits per heavy atom. The van der Waals surface area contributed by atoms with E-state index in [9.17, 15) is 4.79 Å². The number of hydrogen-bond donors (Lipinski definition) is 0. The molecule has 0 amide bonds. The first-order chi connectivity index (χ1) is 14.8. The first kappa shape index (κ1) is 19.2. The summed E-state index contributed by atoms with van der Waals surface area (Å²) in [7, 11) is 0. The number of carbonyl (C=O) groups excluding carboxylic acids is 1. The number of nitrogens with zero attached hydrogens (tertiary/aromatic N) is 1. The molecule has 3 aromatic rings. The van der Waals surface area contributed by atoms with Gasteiger partial charge in [-0.25, -0.2) is 0 Å². The molecule has 0 spiro atoms. The molecule has 2 fully saturated rings. The van der Waals surface area contributed by atoms with E-state index in [1.54, 1.807) is 0 Å². The van der Waals surface area contributed by atoms with E-state index in [0.717, 1.165) is 36.1 Å². The lowest BCUT2D eigenvalue weighted by Crippen LogP contribution is -2.46. The van der Waals surface area contributed by atoms with Crippen molar-refractivity contribution in [1.29, 1.82) is 0 Å². The van der Waals surface area contributed by atoms with Gasteiger partial charge in [0.15, 0.2) is 0 Å². The van der Waals surface area contributed by atoms with Crippen LogP contribution in [0.1, 0.15) is 36.0 Å². The standard InChI is InChI=1S/C27H27NO2/c29-24-16-17-25-26(18-19-28(25)20-24)30-27(21-10-4-1-5-11-21,22-12-6-2-7-13-22)23-14-8-3-9-15-23/h1-15,25-26H,16-20H2/t25-,26-/m0/s1. The number of hydrogen-bond acceptors (Lipinski definition) is 3. The lowest BCUT2D eigenvalue weighted by atomic mass is 9.79. The maximum Gasteiger partial charge on any atom is 0.146 e. The first-order valence-corrected chi connectivity index (χ1v) is 10.9. The summed E-state index contributed by atoms with van der Waals surface area (Å²) in [5.74, 6) is 0.354. The molecule has 0 unspecified atom stereocenters. The van der Waals surface area contributed by atoms with Crippen molar-refractivity contribution in [3.8, 4) is 0 Å². The maximum atomic E-state index is 12.0. The van der Waals surface area contributed by atoms with E-state index in [0.29, 0.717) is 24.8 Å². The van der Waals surface area contributed by atoms with Crippen molar-refractivity contribution in [2.24, 2.45) is 0 Å². The lowest BCUT2D eigenvalue weighted by Gasteiger charge is -2.41. The van der Waals surface area contributed by atoms with Crippen molar-refractivity contribution in [1.82, 2.24) is 4.90 Å². The van der Waals surface area contributed by atoms with Crippen molar-refractivity contribution in [2.45, 2.75) is 37.0 Å². The molecule has 152 valence electrons. The Morgan fingerprint density at radius 1 is 0.733 bits per heavy atom. The number of rotatable bonds is 5. The Bertz CT molecular complexity index is 890. The van der Waals surface area contributed by atoms with Crippen molar-refractivity contribution in [3.63, 3.8) is 0 Å². The smallest absolute Gasteiger partial charge is 0.146 e. The van der Waals surface area contributed by atoms with Gasteiger partial charge in [0.25, 0.3) is 0 Å². The second-order valence-electron chi connectivity index (χ2n) is 8.34. The summed E-state index contributed by atoms with van der Waals surface area (Å²) in [6.07, 6.45) is 2.58. The molecule has 0 radical (unpaired) electrons. The van der Waals surface area contributed by atoms with Gasteiger partial charge in [-0.1, -0.05) is 91.0 Å². The fourth-order valence-corrected chi connectivity index (χ4v) is 5.15. The summed E-state index contributed by atoms with van der Waals surface area (Å²) in [5, 5.41) is 0. The predicted molar refractivity (Wildman–Crippen MR) is 118 cm³/mol. The largest absolute Gasteiger partial charge is 0.356 e. The molecule has 2 heterocycles. The van der Waals surface area contributed by atoms with Crippen molar-refractivity contribution in [2.75, 3.05) is 13.1 Å². The Labute approximate surface area is 178 Å². The van der Waals surface area contributed by atoms with Crippen LogP contribution in [0.2, 0.25) is 0 Å². The number of piperidine rings is 1. The Kier molecular flexibility index (Phi) is 5.24. The minimum atomic E-state index is -0.689. The zero-order valence-corrected chi connectivity index (χ0v) is 17.1. The van der Waals surface area contributed by atoms with E-state index < -0.39 is 5.60 Å². The van der Waals surface area contributed by atoms with Crippen molar-refractivity contribution in [3.05, 3.63) is 108 Å². The van der Waals surface area contributed by atoms with Crippen LogP contribution in [0.3, 0.4) is 0 Å². The average molecular weight is 398 g/mol. The summed E-state index contributed by atoms with van der Waals surface area (Å²) < 4.78 is 7.21. The molecule has 30 heavy (non-hydrogen) atoms. The van der Waals surface area contributed by atoms with Crippen LogP contribution in [-0.2, 0) is 15.1 Å². The SMILES string of the molecule is O=C1CC[C@H]2[C@@H](OC(c3ccccc3)(c3ccccc3)c3ccccc3)CCN2C1. The number of ketones is 1. The molecular formula is C27H27NO2. The number of ether oxygens (including phenoxy) is 1. The number of carbonyl (C=O) groups is 1. The van der Waals surface area contributed by atoms with Gasteiger partial charge < -0.3 is 4.74 Å². The number of fused-ring (bicyclic) bond motifs is 1. The topological polar surface area (TPSA) is 29.5 Å². The monoisotopic (exact) mass is 397 g/mol. The molecule has 2 saturated heterocycles. The predicted octanol–water partition coefficient (Wildman–Crippen LogP) is 4.80. The van der Waals surface area contributed by atoms with Gasteiger partial charge in [-0.3, -0.25) is 9.69 Å². The van der Waals surface area contributed by atoms with E-state index in [4.69, 9.17) is 4.74 Å². The van der Waals surface area contributed by atoms with Crippen LogP contribution in [0, 0.1) is 0 Å². The van der Waals surface area contributed by atoms with E-state index in [1.807, 2.05) is 18.2 Å². The van der Waals surface area contributed by atoms with Gasteiger partial charge >= 0.3 is 0 Å². The van der Waals surface area contributed by atoms with Gasteiger partial charge in [0.2, 0.25) is 0 Å². The highest BCUT2D eigenvalue weighted by Crippen LogP contribution is 2.44. The van der Waals surface area contributed by atoms with E-state index in [-0.39, 0.29) is 6.10 Å². The highest BCUT2D eigenvalue weighted by atomic mass is 16.5. The van der Waals surface area contributed by atoms with Crippen LogP contribution in [-0.4, -0.2) is 35.9 Å².